The zero-order valence-corrected chi connectivity index (χ0v) is 11.9. The number of β-amino-alcohol motifs (C(OH)–C–C–N with tert-alkyl or cyclic N) is 1. The fourth-order valence-corrected chi connectivity index (χ4v) is 3.29. The molecule has 0 aromatic carbocycles. The number of hydrogen-bond acceptors (Lipinski definition) is 4. The zero-order valence-electron chi connectivity index (χ0n) is 11.1. The highest BCUT2D eigenvalue weighted by Gasteiger charge is 2.35. The Morgan fingerprint density at radius 1 is 1.56 bits per heavy atom. The molecule has 18 heavy (non-hydrogen) atoms. The Morgan fingerprint density at radius 3 is 2.83 bits per heavy atom. The number of nitrogens with zero attached hydrogens (tertiary/aromatic N) is 2. The minimum Gasteiger partial charge on any atom is -0.391 e. The van der Waals surface area contributed by atoms with Crippen molar-refractivity contribution in [3.05, 3.63) is 21.9 Å². The van der Waals surface area contributed by atoms with Gasteiger partial charge in [-0.15, -0.1) is 0 Å². The fraction of sp³-hybridized carbons (Fsp3) is 0.615. The van der Waals surface area contributed by atoms with E-state index in [0.29, 0.717) is 13.0 Å². The van der Waals surface area contributed by atoms with Gasteiger partial charge in [0.1, 0.15) is 0 Å². The normalized spacial score (nSPS) is 23.9. The maximum atomic E-state index is 12.5. The van der Waals surface area contributed by atoms with E-state index in [4.69, 9.17) is 0 Å². The highest BCUT2D eigenvalue weighted by atomic mass is 32.1. The molecule has 2 heterocycles. The van der Waals surface area contributed by atoms with Crippen LogP contribution < -0.4 is 0 Å². The molecule has 1 aromatic rings. The number of aryl methyl sites for hydroxylation is 1. The maximum absolute atomic E-state index is 12.5. The molecule has 1 amide bonds. The van der Waals surface area contributed by atoms with Crippen LogP contribution in [-0.2, 0) is 0 Å². The number of carbonyl (C=O) groups excluding carboxylic acids is 1. The summed E-state index contributed by atoms with van der Waals surface area (Å²) in [5.41, 5.74) is 1.80. The summed E-state index contributed by atoms with van der Waals surface area (Å²) in [5, 5.41) is 13.7. The summed E-state index contributed by atoms with van der Waals surface area (Å²) >= 11 is 1.55. The van der Waals surface area contributed by atoms with Gasteiger partial charge in [-0.05, 0) is 38.4 Å². The lowest BCUT2D eigenvalue weighted by atomic mass is 10.1. The number of amides is 1. The van der Waals surface area contributed by atoms with Gasteiger partial charge in [-0.3, -0.25) is 4.79 Å². The van der Waals surface area contributed by atoms with Gasteiger partial charge in [-0.1, -0.05) is 0 Å². The van der Waals surface area contributed by atoms with Crippen molar-refractivity contribution in [3.63, 3.8) is 0 Å². The second-order valence-electron chi connectivity index (χ2n) is 5.23. The van der Waals surface area contributed by atoms with Crippen LogP contribution in [0.15, 0.2) is 10.8 Å². The van der Waals surface area contributed by atoms with Crippen LogP contribution in [0.25, 0.3) is 0 Å². The number of rotatable bonds is 3. The molecule has 1 aliphatic rings. The van der Waals surface area contributed by atoms with Crippen LogP contribution in [0.3, 0.4) is 0 Å². The molecule has 1 aromatic heterocycles. The van der Waals surface area contributed by atoms with E-state index in [1.165, 1.54) is 0 Å². The molecule has 1 fully saturated rings. The van der Waals surface area contributed by atoms with E-state index in [9.17, 15) is 9.90 Å². The van der Waals surface area contributed by atoms with Crippen molar-refractivity contribution < 1.29 is 9.90 Å². The van der Waals surface area contributed by atoms with E-state index in [1.807, 2.05) is 36.7 Å². The van der Waals surface area contributed by atoms with E-state index < -0.39 is 6.10 Å². The van der Waals surface area contributed by atoms with E-state index in [2.05, 4.69) is 4.90 Å². The molecule has 1 aliphatic heterocycles. The minimum absolute atomic E-state index is 0.0529. The van der Waals surface area contributed by atoms with Gasteiger partial charge < -0.3 is 14.9 Å². The number of hydrogen-bond donors (Lipinski definition) is 1. The van der Waals surface area contributed by atoms with Gasteiger partial charge in [0.2, 0.25) is 0 Å². The third-order valence-corrected chi connectivity index (χ3v) is 4.18. The number of carbonyl (C=O) groups is 1. The summed E-state index contributed by atoms with van der Waals surface area (Å²) in [6.45, 7) is 3.20. The first-order valence-corrected chi connectivity index (χ1v) is 7.10. The number of likely N-dealkylation sites (tertiary alicyclic amines) is 1. The highest BCUT2D eigenvalue weighted by Crippen LogP contribution is 2.24. The number of aliphatic hydroxyl groups is 1. The first-order chi connectivity index (χ1) is 8.49. The van der Waals surface area contributed by atoms with Crippen molar-refractivity contribution in [2.45, 2.75) is 25.5 Å². The standard InChI is InChI=1S/C13H20N2O2S/c1-9-7-18-8-12(9)13(17)15-6-11(16)4-10(15)5-14(2)3/h7-8,10-11,16H,4-6H2,1-3H3. The highest BCUT2D eigenvalue weighted by molar-refractivity contribution is 7.08. The average molecular weight is 268 g/mol. The average Bonchev–Trinajstić information content (AvgIpc) is 2.83. The molecule has 0 bridgehead atoms. The topological polar surface area (TPSA) is 43.8 Å². The smallest absolute Gasteiger partial charge is 0.255 e. The number of thiophene rings is 1. The summed E-state index contributed by atoms with van der Waals surface area (Å²) in [5.74, 6) is 0.0529. The molecule has 100 valence electrons. The second kappa shape index (κ2) is 5.38. The van der Waals surface area contributed by atoms with Crippen molar-refractivity contribution >= 4 is 17.2 Å². The molecule has 1 saturated heterocycles. The van der Waals surface area contributed by atoms with Crippen molar-refractivity contribution in [3.8, 4) is 0 Å². The van der Waals surface area contributed by atoms with Crippen LogP contribution in [0.2, 0.25) is 0 Å². The van der Waals surface area contributed by atoms with Crippen molar-refractivity contribution in [2.75, 3.05) is 27.2 Å². The largest absolute Gasteiger partial charge is 0.391 e. The third kappa shape index (κ3) is 2.74. The maximum Gasteiger partial charge on any atom is 0.255 e. The Kier molecular flexibility index (Phi) is 4.04. The van der Waals surface area contributed by atoms with Crippen LogP contribution in [0.5, 0.6) is 0 Å². The predicted octanol–water partition coefficient (Wildman–Crippen LogP) is 1.19. The summed E-state index contributed by atoms with van der Waals surface area (Å²) in [6.07, 6.45) is 0.283. The molecular formula is C13H20N2O2S. The van der Waals surface area contributed by atoms with Crippen LogP contribution in [0.1, 0.15) is 22.3 Å². The van der Waals surface area contributed by atoms with Gasteiger partial charge in [0, 0.05) is 24.5 Å². The molecule has 2 atom stereocenters. The Hall–Kier alpha value is -0.910. The Labute approximate surface area is 112 Å². The molecule has 4 nitrogen and oxygen atoms in total. The third-order valence-electron chi connectivity index (χ3n) is 3.32. The predicted molar refractivity (Wildman–Crippen MR) is 73.1 cm³/mol. The van der Waals surface area contributed by atoms with Crippen molar-refractivity contribution in [1.29, 1.82) is 0 Å². The van der Waals surface area contributed by atoms with Crippen LogP contribution in [-0.4, -0.2) is 60.1 Å². The monoisotopic (exact) mass is 268 g/mol. The lowest BCUT2D eigenvalue weighted by Crippen LogP contribution is -2.41. The molecule has 2 rings (SSSR count). The second-order valence-corrected chi connectivity index (χ2v) is 5.98. The van der Waals surface area contributed by atoms with Gasteiger partial charge in [-0.25, -0.2) is 0 Å². The first kappa shape index (κ1) is 13.5. The summed E-state index contributed by atoms with van der Waals surface area (Å²) in [6, 6.07) is 0.113. The lowest BCUT2D eigenvalue weighted by molar-refractivity contribution is 0.0699. The molecular weight excluding hydrogens is 248 g/mol. The quantitative estimate of drug-likeness (QED) is 0.895. The van der Waals surface area contributed by atoms with Crippen LogP contribution in [0.4, 0.5) is 0 Å². The van der Waals surface area contributed by atoms with Gasteiger partial charge >= 0.3 is 0 Å². The van der Waals surface area contributed by atoms with Gasteiger partial charge in [0.25, 0.3) is 5.91 Å². The number of likely N-dealkylation sites (N-methyl/N-ethyl adjacent to an activating group) is 1. The van der Waals surface area contributed by atoms with Crippen molar-refractivity contribution in [2.24, 2.45) is 0 Å². The summed E-state index contributed by atoms with van der Waals surface area (Å²) in [7, 11) is 3.98. The summed E-state index contributed by atoms with van der Waals surface area (Å²) in [4.78, 5) is 16.3. The van der Waals surface area contributed by atoms with Crippen molar-refractivity contribution in [1.82, 2.24) is 9.80 Å². The van der Waals surface area contributed by atoms with E-state index in [-0.39, 0.29) is 11.9 Å². The first-order valence-electron chi connectivity index (χ1n) is 6.15. The Bertz CT molecular complexity index is 430. The molecule has 2 unspecified atom stereocenters. The Balaban J connectivity index is 2.15. The minimum atomic E-state index is -0.391. The van der Waals surface area contributed by atoms with E-state index in [0.717, 1.165) is 17.7 Å². The lowest BCUT2D eigenvalue weighted by Gasteiger charge is -2.26. The van der Waals surface area contributed by atoms with E-state index >= 15 is 0 Å². The molecule has 1 N–H and O–H groups in total. The van der Waals surface area contributed by atoms with Gasteiger partial charge in [-0.2, -0.15) is 11.3 Å². The van der Waals surface area contributed by atoms with Gasteiger partial charge in [0.15, 0.2) is 0 Å². The number of aliphatic hydroxyl groups excluding tert-OH is 1. The Morgan fingerprint density at radius 2 is 2.28 bits per heavy atom. The fourth-order valence-electron chi connectivity index (χ4n) is 2.47. The zero-order chi connectivity index (χ0) is 13.3. The SMILES string of the molecule is Cc1cscc1C(=O)N1CC(O)CC1CN(C)C. The molecule has 0 radical (unpaired) electrons. The molecule has 0 saturated carbocycles. The molecule has 0 aliphatic carbocycles. The van der Waals surface area contributed by atoms with Gasteiger partial charge in [0.05, 0.1) is 11.7 Å². The molecule has 5 heteroatoms. The van der Waals surface area contributed by atoms with Crippen LogP contribution >= 0.6 is 11.3 Å². The molecule has 0 spiro atoms. The van der Waals surface area contributed by atoms with E-state index in [1.54, 1.807) is 11.3 Å². The van der Waals surface area contributed by atoms with Crippen LogP contribution in [0, 0.1) is 6.92 Å². The summed E-state index contributed by atoms with van der Waals surface area (Å²) < 4.78 is 0.